The number of carbonyl (C=O) groups excluding carboxylic acids is 2. The standard InChI is InChI=1S/C22H21F3N2O2/c1-21(2,3)20(29)15-12-27(18-11-7-4-8-14(15)18)13-19(28)26-17-10-6-5-9-16(17)22(23,24)25/h4-12H,13H2,1-3H3,(H,26,28). The van der Waals surface area contributed by atoms with E-state index in [1.807, 2.05) is 20.8 Å². The van der Waals surface area contributed by atoms with Gasteiger partial charge < -0.3 is 9.88 Å². The number of halogens is 3. The third-order valence-corrected chi connectivity index (χ3v) is 4.53. The molecule has 0 fully saturated rings. The van der Waals surface area contributed by atoms with Crippen LogP contribution in [0.2, 0.25) is 0 Å². The maximum atomic E-state index is 13.1. The van der Waals surface area contributed by atoms with Gasteiger partial charge in [-0.25, -0.2) is 0 Å². The summed E-state index contributed by atoms with van der Waals surface area (Å²) in [5, 5.41) is 3.04. The van der Waals surface area contributed by atoms with Crippen LogP contribution in [0.4, 0.5) is 18.9 Å². The summed E-state index contributed by atoms with van der Waals surface area (Å²) < 4.78 is 41.0. The number of aromatic nitrogens is 1. The second-order valence-corrected chi connectivity index (χ2v) is 7.86. The highest BCUT2D eigenvalue weighted by Crippen LogP contribution is 2.34. The Morgan fingerprint density at radius 1 is 0.966 bits per heavy atom. The van der Waals surface area contributed by atoms with Crippen LogP contribution in [-0.2, 0) is 17.5 Å². The molecular weight excluding hydrogens is 381 g/mol. The van der Waals surface area contributed by atoms with E-state index < -0.39 is 23.1 Å². The summed E-state index contributed by atoms with van der Waals surface area (Å²) in [5.41, 5.74) is -0.666. The zero-order valence-corrected chi connectivity index (χ0v) is 16.3. The molecule has 0 atom stereocenters. The molecule has 0 saturated carbocycles. The fourth-order valence-corrected chi connectivity index (χ4v) is 3.15. The number of para-hydroxylation sites is 2. The van der Waals surface area contributed by atoms with Crippen molar-refractivity contribution in [2.45, 2.75) is 33.5 Å². The summed E-state index contributed by atoms with van der Waals surface area (Å²) in [6, 6.07) is 12.0. The number of nitrogens with zero attached hydrogens (tertiary/aromatic N) is 1. The van der Waals surface area contributed by atoms with E-state index in [0.717, 1.165) is 6.07 Å². The number of fused-ring (bicyclic) bond motifs is 1. The Morgan fingerprint density at radius 3 is 2.24 bits per heavy atom. The van der Waals surface area contributed by atoms with Gasteiger partial charge in [0, 0.05) is 28.1 Å². The number of nitrogens with one attached hydrogen (secondary N) is 1. The first-order valence-electron chi connectivity index (χ1n) is 9.07. The number of Topliss-reactive ketones (excluding diaryl/α,β-unsaturated/α-hetero) is 1. The van der Waals surface area contributed by atoms with E-state index in [0.29, 0.717) is 16.5 Å². The molecule has 0 aliphatic heterocycles. The molecule has 7 heteroatoms. The van der Waals surface area contributed by atoms with Crippen molar-refractivity contribution >= 4 is 28.3 Å². The molecule has 0 spiro atoms. The van der Waals surface area contributed by atoms with Gasteiger partial charge in [-0.05, 0) is 18.2 Å². The van der Waals surface area contributed by atoms with E-state index in [-0.39, 0.29) is 18.0 Å². The lowest BCUT2D eigenvalue weighted by atomic mass is 9.86. The van der Waals surface area contributed by atoms with E-state index in [4.69, 9.17) is 0 Å². The van der Waals surface area contributed by atoms with Crippen molar-refractivity contribution < 1.29 is 22.8 Å². The summed E-state index contributed by atoms with van der Waals surface area (Å²) in [4.78, 5) is 25.3. The lowest BCUT2D eigenvalue weighted by Crippen LogP contribution is -2.21. The van der Waals surface area contributed by atoms with Crippen molar-refractivity contribution in [2.24, 2.45) is 5.41 Å². The number of ketones is 1. The van der Waals surface area contributed by atoms with Gasteiger partial charge in [0.2, 0.25) is 5.91 Å². The fraction of sp³-hybridized carbons (Fsp3) is 0.273. The van der Waals surface area contributed by atoms with Crippen LogP contribution in [0.1, 0.15) is 36.7 Å². The van der Waals surface area contributed by atoms with Crippen molar-refractivity contribution in [2.75, 3.05) is 5.32 Å². The van der Waals surface area contributed by atoms with Gasteiger partial charge in [0.05, 0.1) is 11.3 Å². The first-order valence-corrected chi connectivity index (χ1v) is 9.07. The van der Waals surface area contributed by atoms with Crippen molar-refractivity contribution in [3.63, 3.8) is 0 Å². The van der Waals surface area contributed by atoms with Gasteiger partial charge in [0.1, 0.15) is 6.54 Å². The molecule has 0 aliphatic carbocycles. The minimum absolute atomic E-state index is 0.0738. The molecule has 1 heterocycles. The molecule has 2 aromatic carbocycles. The summed E-state index contributed by atoms with van der Waals surface area (Å²) in [7, 11) is 0. The number of alkyl halides is 3. The molecule has 1 N–H and O–H groups in total. The van der Waals surface area contributed by atoms with Crippen LogP contribution in [0.3, 0.4) is 0 Å². The van der Waals surface area contributed by atoms with Crippen LogP contribution in [0, 0.1) is 5.41 Å². The topological polar surface area (TPSA) is 51.1 Å². The molecule has 4 nitrogen and oxygen atoms in total. The van der Waals surface area contributed by atoms with Crippen LogP contribution in [-0.4, -0.2) is 16.3 Å². The van der Waals surface area contributed by atoms with Crippen LogP contribution < -0.4 is 5.32 Å². The average molecular weight is 402 g/mol. The molecule has 1 amide bonds. The third kappa shape index (κ3) is 4.34. The van der Waals surface area contributed by atoms with Gasteiger partial charge in [-0.2, -0.15) is 13.2 Å². The molecule has 0 radical (unpaired) electrons. The SMILES string of the molecule is CC(C)(C)C(=O)c1cn(CC(=O)Nc2ccccc2C(F)(F)F)c2ccccc12. The fourth-order valence-electron chi connectivity index (χ4n) is 3.15. The van der Waals surface area contributed by atoms with E-state index in [1.165, 1.54) is 18.2 Å². The van der Waals surface area contributed by atoms with Crippen molar-refractivity contribution in [3.8, 4) is 0 Å². The zero-order chi connectivity index (χ0) is 21.4. The number of rotatable bonds is 4. The lowest BCUT2D eigenvalue weighted by Gasteiger charge is -2.15. The van der Waals surface area contributed by atoms with Crippen LogP contribution in [0.15, 0.2) is 54.7 Å². The number of amides is 1. The Labute approximate surface area is 166 Å². The van der Waals surface area contributed by atoms with Gasteiger partial charge in [0.25, 0.3) is 0 Å². The number of anilines is 1. The van der Waals surface area contributed by atoms with Crippen LogP contribution in [0.25, 0.3) is 10.9 Å². The molecule has 0 bridgehead atoms. The van der Waals surface area contributed by atoms with E-state index in [2.05, 4.69) is 5.32 Å². The first-order chi connectivity index (χ1) is 13.5. The molecule has 3 rings (SSSR count). The number of hydrogen-bond donors (Lipinski definition) is 1. The Balaban J connectivity index is 1.92. The highest BCUT2D eigenvalue weighted by molar-refractivity contribution is 6.10. The molecule has 0 saturated heterocycles. The smallest absolute Gasteiger partial charge is 0.337 e. The number of hydrogen-bond acceptors (Lipinski definition) is 2. The predicted molar refractivity (Wildman–Crippen MR) is 106 cm³/mol. The highest BCUT2D eigenvalue weighted by Gasteiger charge is 2.33. The number of carbonyl (C=O) groups is 2. The Kier molecular flexibility index (Phi) is 5.26. The van der Waals surface area contributed by atoms with Crippen molar-refractivity contribution in [1.29, 1.82) is 0 Å². The minimum Gasteiger partial charge on any atom is -0.337 e. The summed E-state index contributed by atoms with van der Waals surface area (Å²) in [6.45, 7) is 5.21. The molecule has 1 aromatic heterocycles. The average Bonchev–Trinajstić information content (AvgIpc) is 2.98. The zero-order valence-electron chi connectivity index (χ0n) is 16.3. The van der Waals surface area contributed by atoms with Gasteiger partial charge in [-0.3, -0.25) is 9.59 Å². The van der Waals surface area contributed by atoms with Crippen LogP contribution in [0.5, 0.6) is 0 Å². The second kappa shape index (κ2) is 7.39. The van der Waals surface area contributed by atoms with Gasteiger partial charge >= 0.3 is 6.18 Å². The summed E-state index contributed by atoms with van der Waals surface area (Å²) in [5.74, 6) is -0.688. The molecule has 0 unspecified atom stereocenters. The van der Waals surface area contributed by atoms with Crippen molar-refractivity contribution in [1.82, 2.24) is 4.57 Å². The quantitative estimate of drug-likeness (QED) is 0.584. The summed E-state index contributed by atoms with van der Waals surface area (Å²) in [6.07, 6.45) is -2.98. The number of benzene rings is 2. The van der Waals surface area contributed by atoms with Crippen molar-refractivity contribution in [3.05, 3.63) is 65.9 Å². The highest BCUT2D eigenvalue weighted by atomic mass is 19.4. The molecule has 29 heavy (non-hydrogen) atoms. The first kappa shape index (κ1) is 20.6. The van der Waals surface area contributed by atoms with E-state index in [9.17, 15) is 22.8 Å². The Bertz CT molecular complexity index is 1080. The minimum atomic E-state index is -4.57. The Hall–Kier alpha value is -3.09. The largest absolute Gasteiger partial charge is 0.418 e. The second-order valence-electron chi connectivity index (χ2n) is 7.86. The van der Waals surface area contributed by atoms with Crippen LogP contribution >= 0.6 is 0 Å². The van der Waals surface area contributed by atoms with Gasteiger partial charge in [-0.1, -0.05) is 51.1 Å². The van der Waals surface area contributed by atoms with E-state index >= 15 is 0 Å². The molecule has 0 aliphatic rings. The maximum absolute atomic E-state index is 13.1. The Morgan fingerprint density at radius 2 is 1.59 bits per heavy atom. The third-order valence-electron chi connectivity index (χ3n) is 4.53. The normalized spacial score (nSPS) is 12.2. The predicted octanol–water partition coefficient (Wildman–Crippen LogP) is 5.53. The molecule has 3 aromatic rings. The molecular formula is C22H21F3N2O2. The van der Waals surface area contributed by atoms with Gasteiger partial charge in [-0.15, -0.1) is 0 Å². The maximum Gasteiger partial charge on any atom is 0.418 e. The summed E-state index contributed by atoms with van der Waals surface area (Å²) >= 11 is 0. The molecule has 152 valence electrons. The monoisotopic (exact) mass is 402 g/mol. The lowest BCUT2D eigenvalue weighted by molar-refractivity contribution is -0.137. The van der Waals surface area contributed by atoms with E-state index in [1.54, 1.807) is 35.0 Å². The van der Waals surface area contributed by atoms with Gasteiger partial charge in [0.15, 0.2) is 5.78 Å².